The van der Waals surface area contributed by atoms with Crippen LogP contribution in [0.2, 0.25) is 0 Å². The summed E-state index contributed by atoms with van der Waals surface area (Å²) >= 11 is 0. The molecule has 0 fully saturated rings. The van der Waals surface area contributed by atoms with Crippen LogP contribution in [0.3, 0.4) is 0 Å². The Morgan fingerprint density at radius 1 is 1.40 bits per heavy atom. The van der Waals surface area contributed by atoms with Crippen LogP contribution in [-0.4, -0.2) is 12.0 Å². The maximum atomic E-state index is 11.3. The lowest BCUT2D eigenvalue weighted by molar-refractivity contribution is -0.145. The third-order valence-electron chi connectivity index (χ3n) is 2.20. The summed E-state index contributed by atoms with van der Waals surface area (Å²) in [6.07, 6.45) is 1.09. The number of carbonyl (C=O) groups excluding carboxylic acids is 1. The summed E-state index contributed by atoms with van der Waals surface area (Å²) in [5, 5.41) is 0. The zero-order chi connectivity index (χ0) is 11.1. The topological polar surface area (TPSA) is 52.3 Å². The minimum absolute atomic E-state index is 0.0896. The molecule has 15 heavy (non-hydrogen) atoms. The van der Waals surface area contributed by atoms with Crippen LogP contribution < -0.4 is 5.73 Å². The Labute approximate surface area is 90.2 Å². The molecule has 0 aliphatic carbocycles. The standard InChI is InChI=1S/C12H17NO2/c1-2-11(13)8-12(14)15-9-10-6-4-3-5-7-10/h3-7,11H,2,8-9,13H2,1H3/t11-/m0/s1. The fraction of sp³-hybridized carbons (Fsp3) is 0.417. The molecule has 0 saturated heterocycles. The zero-order valence-corrected chi connectivity index (χ0v) is 8.98. The van der Waals surface area contributed by atoms with Gasteiger partial charge in [0.15, 0.2) is 0 Å². The molecule has 3 heteroatoms. The fourth-order valence-electron chi connectivity index (χ4n) is 1.16. The first kappa shape index (κ1) is 11.7. The number of hydrogen-bond donors (Lipinski definition) is 1. The quantitative estimate of drug-likeness (QED) is 0.750. The highest BCUT2D eigenvalue weighted by molar-refractivity contribution is 5.70. The highest BCUT2D eigenvalue weighted by atomic mass is 16.5. The van der Waals surface area contributed by atoms with E-state index >= 15 is 0 Å². The van der Waals surface area contributed by atoms with Gasteiger partial charge < -0.3 is 10.5 Å². The van der Waals surface area contributed by atoms with E-state index in [1.165, 1.54) is 0 Å². The lowest BCUT2D eigenvalue weighted by atomic mass is 10.2. The summed E-state index contributed by atoms with van der Waals surface area (Å²) in [4.78, 5) is 11.3. The van der Waals surface area contributed by atoms with E-state index in [1.807, 2.05) is 37.3 Å². The average molecular weight is 207 g/mol. The van der Waals surface area contributed by atoms with Gasteiger partial charge in [0.2, 0.25) is 0 Å². The molecule has 0 aliphatic heterocycles. The molecule has 82 valence electrons. The van der Waals surface area contributed by atoms with Crippen molar-refractivity contribution in [1.29, 1.82) is 0 Å². The Balaban J connectivity index is 2.29. The van der Waals surface area contributed by atoms with E-state index < -0.39 is 0 Å². The van der Waals surface area contributed by atoms with Crippen LogP contribution in [0.25, 0.3) is 0 Å². The molecule has 0 radical (unpaired) electrons. The van der Waals surface area contributed by atoms with Crippen LogP contribution in [0.15, 0.2) is 30.3 Å². The van der Waals surface area contributed by atoms with E-state index in [2.05, 4.69) is 0 Å². The van der Waals surface area contributed by atoms with Crippen molar-refractivity contribution in [2.75, 3.05) is 0 Å². The number of esters is 1. The first-order valence-corrected chi connectivity index (χ1v) is 5.17. The van der Waals surface area contributed by atoms with E-state index in [0.29, 0.717) is 13.0 Å². The smallest absolute Gasteiger partial charge is 0.307 e. The Morgan fingerprint density at radius 3 is 2.67 bits per heavy atom. The second-order valence-corrected chi connectivity index (χ2v) is 3.52. The van der Waals surface area contributed by atoms with Gasteiger partial charge in [-0.1, -0.05) is 37.3 Å². The van der Waals surface area contributed by atoms with Gasteiger partial charge in [0.25, 0.3) is 0 Å². The molecule has 1 atom stereocenters. The SMILES string of the molecule is CC[C@H](N)CC(=O)OCc1ccccc1. The summed E-state index contributed by atoms with van der Waals surface area (Å²) in [5.41, 5.74) is 6.64. The van der Waals surface area contributed by atoms with Crippen molar-refractivity contribution in [3.63, 3.8) is 0 Å². The Morgan fingerprint density at radius 2 is 2.07 bits per heavy atom. The largest absolute Gasteiger partial charge is 0.461 e. The lowest BCUT2D eigenvalue weighted by Gasteiger charge is -2.08. The Bertz CT molecular complexity index is 298. The van der Waals surface area contributed by atoms with Gasteiger partial charge >= 0.3 is 5.97 Å². The van der Waals surface area contributed by atoms with Crippen LogP contribution in [0.4, 0.5) is 0 Å². The molecule has 2 N–H and O–H groups in total. The number of carbonyl (C=O) groups is 1. The van der Waals surface area contributed by atoms with Gasteiger partial charge in [0.1, 0.15) is 6.61 Å². The second-order valence-electron chi connectivity index (χ2n) is 3.52. The van der Waals surface area contributed by atoms with Gasteiger partial charge in [-0.25, -0.2) is 0 Å². The van der Waals surface area contributed by atoms with E-state index in [9.17, 15) is 4.79 Å². The van der Waals surface area contributed by atoms with Crippen molar-refractivity contribution in [3.8, 4) is 0 Å². The number of ether oxygens (including phenoxy) is 1. The van der Waals surface area contributed by atoms with Crippen molar-refractivity contribution in [1.82, 2.24) is 0 Å². The Kier molecular flexibility index (Phi) is 4.84. The van der Waals surface area contributed by atoms with E-state index in [4.69, 9.17) is 10.5 Å². The molecule has 0 saturated carbocycles. The monoisotopic (exact) mass is 207 g/mol. The van der Waals surface area contributed by atoms with Gasteiger partial charge in [-0.2, -0.15) is 0 Å². The van der Waals surface area contributed by atoms with Crippen molar-refractivity contribution in [2.45, 2.75) is 32.4 Å². The van der Waals surface area contributed by atoms with Crippen LogP contribution in [0.1, 0.15) is 25.3 Å². The average Bonchev–Trinajstić information content (AvgIpc) is 2.27. The first-order valence-electron chi connectivity index (χ1n) is 5.17. The molecule has 0 amide bonds. The molecule has 0 heterocycles. The van der Waals surface area contributed by atoms with Crippen LogP contribution in [0, 0.1) is 0 Å². The van der Waals surface area contributed by atoms with Gasteiger partial charge in [-0.15, -0.1) is 0 Å². The number of nitrogens with two attached hydrogens (primary N) is 1. The number of rotatable bonds is 5. The first-order chi connectivity index (χ1) is 7.22. The van der Waals surface area contributed by atoms with Gasteiger partial charge in [-0.05, 0) is 12.0 Å². The van der Waals surface area contributed by atoms with E-state index in [1.54, 1.807) is 0 Å². The molecule has 1 aromatic rings. The molecule has 0 aromatic heterocycles. The maximum absolute atomic E-state index is 11.3. The summed E-state index contributed by atoms with van der Waals surface area (Å²) in [6.45, 7) is 2.28. The molecular formula is C12H17NO2. The normalized spacial score (nSPS) is 12.1. The van der Waals surface area contributed by atoms with Crippen molar-refractivity contribution in [2.24, 2.45) is 5.73 Å². The number of hydrogen-bond acceptors (Lipinski definition) is 3. The zero-order valence-electron chi connectivity index (χ0n) is 8.98. The molecule has 0 spiro atoms. The van der Waals surface area contributed by atoms with Crippen LogP contribution in [0.5, 0.6) is 0 Å². The van der Waals surface area contributed by atoms with Crippen molar-refractivity contribution >= 4 is 5.97 Å². The van der Waals surface area contributed by atoms with Gasteiger partial charge in [0, 0.05) is 6.04 Å². The molecule has 1 rings (SSSR count). The summed E-state index contributed by atoms with van der Waals surface area (Å²) in [7, 11) is 0. The van der Waals surface area contributed by atoms with Crippen LogP contribution >= 0.6 is 0 Å². The minimum Gasteiger partial charge on any atom is -0.461 e. The maximum Gasteiger partial charge on any atom is 0.307 e. The molecular weight excluding hydrogens is 190 g/mol. The highest BCUT2D eigenvalue weighted by Gasteiger charge is 2.08. The molecule has 1 aromatic carbocycles. The van der Waals surface area contributed by atoms with Crippen molar-refractivity contribution < 1.29 is 9.53 Å². The lowest BCUT2D eigenvalue weighted by Crippen LogP contribution is -2.23. The molecule has 0 unspecified atom stereocenters. The minimum atomic E-state index is -0.229. The summed E-state index contributed by atoms with van der Waals surface area (Å²) in [5.74, 6) is -0.229. The Hall–Kier alpha value is -1.35. The fourth-order valence-corrected chi connectivity index (χ4v) is 1.16. The summed E-state index contributed by atoms with van der Waals surface area (Å²) in [6, 6.07) is 9.52. The predicted octanol–water partition coefficient (Wildman–Crippen LogP) is 1.86. The van der Waals surface area contributed by atoms with E-state index in [-0.39, 0.29) is 12.0 Å². The third-order valence-corrected chi connectivity index (χ3v) is 2.20. The summed E-state index contributed by atoms with van der Waals surface area (Å²) < 4.78 is 5.08. The van der Waals surface area contributed by atoms with Crippen LogP contribution in [-0.2, 0) is 16.1 Å². The molecule has 3 nitrogen and oxygen atoms in total. The van der Waals surface area contributed by atoms with E-state index in [0.717, 1.165) is 12.0 Å². The van der Waals surface area contributed by atoms with Crippen molar-refractivity contribution in [3.05, 3.63) is 35.9 Å². The van der Waals surface area contributed by atoms with Gasteiger partial charge in [0.05, 0.1) is 6.42 Å². The highest BCUT2D eigenvalue weighted by Crippen LogP contribution is 2.03. The second kappa shape index (κ2) is 6.19. The number of benzene rings is 1. The third kappa shape index (κ3) is 4.61. The molecule has 0 bridgehead atoms. The van der Waals surface area contributed by atoms with Gasteiger partial charge in [-0.3, -0.25) is 4.79 Å². The predicted molar refractivity (Wildman–Crippen MR) is 59.1 cm³/mol. The molecule has 0 aliphatic rings.